The van der Waals surface area contributed by atoms with E-state index in [2.05, 4.69) is 21.3 Å². The second-order valence-corrected chi connectivity index (χ2v) is 22.9. The maximum atomic E-state index is 15.3. The molecule has 2 aromatic carbocycles. The molecule has 0 aliphatic carbocycles. The summed E-state index contributed by atoms with van der Waals surface area (Å²) in [6, 6.07) is 9.00. The van der Waals surface area contributed by atoms with E-state index in [0.29, 0.717) is 24.8 Å². The molecule has 2 aliphatic heterocycles. The van der Waals surface area contributed by atoms with Crippen molar-refractivity contribution in [1.82, 2.24) is 40.9 Å². The fraction of sp³-hybridized carbons (Fsp3) is 0.644. The molecular formula is C59H90N8O10. The number of fused-ring (bicyclic) bond motifs is 1. The Morgan fingerprint density at radius 1 is 0.519 bits per heavy atom. The Kier molecular flexibility index (Phi) is 23.7. The van der Waals surface area contributed by atoms with Crippen molar-refractivity contribution in [1.29, 1.82) is 0 Å². The van der Waals surface area contributed by atoms with Crippen molar-refractivity contribution in [3.8, 4) is 0 Å². The highest BCUT2D eigenvalue weighted by Gasteiger charge is 2.45. The molecule has 2 heterocycles. The standard InChI is InChI=1S/C59H90N8O10/c1-16-38(11)47-57(74)65(14)48(36(7)8)53(70)60-42(31-34(3)4)51(68)62-46(35(5)6)59(76)77-50(39(12)17-2)58(75)66(15)49(37(9)10)54(71)61-43(32-40-25-20-18-21-26-40)55(72)64(13)45(33-41-27-22-19-23-28-41)56(73)67-30-24-29-44(67)52(69)63-47/h18-23,25-28,34-39,42-50H,16-17,24,29-33H2,1-15H3,(H,60,70)(H,61,71)(H,62,68)(H,63,69)/t38-,39-,42?,43+,44?,45+,46?,47+,48-,49+,50-/m0/s1. The van der Waals surface area contributed by atoms with Crippen LogP contribution in [0.1, 0.15) is 126 Å². The first kappa shape index (κ1) is 63.2. The molecule has 2 aliphatic rings. The minimum absolute atomic E-state index is 0.0188. The lowest BCUT2D eigenvalue weighted by Crippen LogP contribution is -2.62. The smallest absolute Gasteiger partial charge is 0.329 e. The minimum Gasteiger partial charge on any atom is -0.450 e. The van der Waals surface area contributed by atoms with Crippen LogP contribution >= 0.6 is 0 Å². The van der Waals surface area contributed by atoms with E-state index in [9.17, 15) is 33.6 Å². The van der Waals surface area contributed by atoms with Crippen LogP contribution in [0.4, 0.5) is 0 Å². The van der Waals surface area contributed by atoms with E-state index in [-0.39, 0.29) is 38.1 Å². The molecule has 8 amide bonds. The van der Waals surface area contributed by atoms with Crippen molar-refractivity contribution >= 4 is 53.2 Å². The zero-order chi connectivity index (χ0) is 57.6. The van der Waals surface area contributed by atoms with E-state index < -0.39 is 137 Å². The van der Waals surface area contributed by atoms with Gasteiger partial charge >= 0.3 is 5.97 Å². The van der Waals surface area contributed by atoms with Crippen molar-refractivity contribution in [2.24, 2.45) is 35.5 Å². The lowest BCUT2D eigenvalue weighted by molar-refractivity contribution is -0.168. The van der Waals surface area contributed by atoms with Gasteiger partial charge in [0.05, 0.1) is 0 Å². The highest BCUT2D eigenvalue weighted by atomic mass is 16.6. The predicted molar refractivity (Wildman–Crippen MR) is 295 cm³/mol. The lowest BCUT2D eigenvalue weighted by atomic mass is 9.94. The molecule has 2 fully saturated rings. The summed E-state index contributed by atoms with van der Waals surface area (Å²) in [5, 5.41) is 11.6. The van der Waals surface area contributed by atoms with E-state index in [1.54, 1.807) is 48.5 Å². The lowest BCUT2D eigenvalue weighted by Gasteiger charge is -2.37. The second kappa shape index (κ2) is 28.9. The van der Waals surface area contributed by atoms with Gasteiger partial charge in [-0.3, -0.25) is 38.4 Å². The summed E-state index contributed by atoms with van der Waals surface area (Å²) in [6.45, 7) is 21.7. The van der Waals surface area contributed by atoms with E-state index in [0.717, 1.165) is 5.56 Å². The van der Waals surface area contributed by atoms with E-state index in [1.807, 2.05) is 95.3 Å². The van der Waals surface area contributed by atoms with Crippen molar-refractivity contribution < 1.29 is 47.9 Å². The fourth-order valence-electron chi connectivity index (χ4n) is 10.4. The summed E-state index contributed by atoms with van der Waals surface area (Å²) in [7, 11) is 4.45. The molecule has 0 aromatic heterocycles. The SMILES string of the molecule is CC[C@H](C)[C@@H]1OC(=O)C(C(C)C)NC(=O)C(CC(C)C)NC(=O)[C@H](C(C)C)N(C)C(=O)[C@@H]([C@@H](C)CC)NC(=O)C2CCCN2C(=O)[C@@H](Cc2ccccc2)N(C)C(=O)[C@@H](Cc2ccccc2)NC(=O)[C@@H](C(C)C)N(C)C1=O. The molecule has 4 N–H and O–H groups in total. The first-order valence-corrected chi connectivity index (χ1v) is 27.9. The Bertz CT molecular complexity index is 2350. The van der Waals surface area contributed by atoms with Gasteiger partial charge in [0.2, 0.25) is 41.4 Å². The van der Waals surface area contributed by atoms with Crippen molar-refractivity contribution in [2.45, 2.75) is 182 Å². The number of esters is 1. The number of nitrogens with one attached hydrogen (secondary N) is 4. The third-order valence-corrected chi connectivity index (χ3v) is 15.4. The molecular weight excluding hydrogens is 981 g/mol. The summed E-state index contributed by atoms with van der Waals surface area (Å²) in [4.78, 5) is 138. The van der Waals surface area contributed by atoms with Crippen molar-refractivity contribution in [3.63, 3.8) is 0 Å². The number of hydrogen-bond acceptors (Lipinski definition) is 10. The summed E-state index contributed by atoms with van der Waals surface area (Å²) in [5.41, 5.74) is 1.45. The van der Waals surface area contributed by atoms with Gasteiger partial charge in [0.25, 0.3) is 5.91 Å². The van der Waals surface area contributed by atoms with Crippen LogP contribution in [-0.2, 0) is 60.7 Å². The zero-order valence-corrected chi connectivity index (χ0v) is 48.5. The number of nitrogens with zero attached hydrogens (tertiary/aromatic N) is 4. The summed E-state index contributed by atoms with van der Waals surface area (Å²) in [6.07, 6.45) is 0.466. The van der Waals surface area contributed by atoms with Gasteiger partial charge in [-0.25, -0.2) is 4.79 Å². The molecule has 0 saturated carbocycles. The number of rotatable bonds is 13. The van der Waals surface area contributed by atoms with Gasteiger partial charge in [0.1, 0.15) is 48.3 Å². The van der Waals surface area contributed by atoms with Crippen LogP contribution in [0.25, 0.3) is 0 Å². The normalized spacial score (nSPS) is 26.6. The van der Waals surface area contributed by atoms with E-state index in [4.69, 9.17) is 4.74 Å². The second-order valence-electron chi connectivity index (χ2n) is 22.9. The molecule has 2 saturated heterocycles. The number of carbonyl (C=O) groups excluding carboxylic acids is 9. The number of benzene rings is 2. The molecule has 4 rings (SSSR count). The first-order valence-electron chi connectivity index (χ1n) is 27.9. The minimum atomic E-state index is -1.40. The van der Waals surface area contributed by atoms with E-state index >= 15 is 9.59 Å². The topological polar surface area (TPSA) is 224 Å². The first-order chi connectivity index (χ1) is 36.2. The Hall–Kier alpha value is -6.33. The maximum Gasteiger partial charge on any atom is 0.329 e. The molecule has 18 nitrogen and oxygen atoms in total. The Morgan fingerprint density at radius 3 is 1.51 bits per heavy atom. The van der Waals surface area contributed by atoms with Crippen LogP contribution in [0.15, 0.2) is 60.7 Å². The number of ether oxygens (including phenoxy) is 1. The Balaban J connectivity index is 1.94. The number of cyclic esters (lactones) is 1. The van der Waals surface area contributed by atoms with Gasteiger partial charge in [0, 0.05) is 46.4 Å². The number of hydrogen-bond donors (Lipinski definition) is 4. The van der Waals surface area contributed by atoms with Crippen LogP contribution < -0.4 is 21.3 Å². The fourth-order valence-corrected chi connectivity index (χ4v) is 10.4. The molecule has 426 valence electrons. The molecule has 11 atom stereocenters. The molecule has 0 bridgehead atoms. The van der Waals surface area contributed by atoms with Crippen LogP contribution in [0.2, 0.25) is 0 Å². The van der Waals surface area contributed by atoms with Crippen LogP contribution in [0, 0.1) is 35.5 Å². The van der Waals surface area contributed by atoms with Gasteiger partial charge in [0.15, 0.2) is 6.10 Å². The van der Waals surface area contributed by atoms with Crippen LogP contribution in [-0.4, -0.2) is 155 Å². The monoisotopic (exact) mass is 1070 g/mol. The van der Waals surface area contributed by atoms with Gasteiger partial charge in [-0.2, -0.15) is 0 Å². The van der Waals surface area contributed by atoms with Crippen LogP contribution in [0.5, 0.6) is 0 Å². The van der Waals surface area contributed by atoms with Gasteiger partial charge in [-0.1, -0.05) is 150 Å². The quantitative estimate of drug-likeness (QED) is 0.198. The largest absolute Gasteiger partial charge is 0.450 e. The average Bonchev–Trinajstić information content (AvgIpc) is 3.89. The third kappa shape index (κ3) is 16.4. The van der Waals surface area contributed by atoms with Crippen molar-refractivity contribution in [2.75, 3.05) is 27.7 Å². The summed E-state index contributed by atoms with van der Waals surface area (Å²) >= 11 is 0. The predicted octanol–water partition coefficient (Wildman–Crippen LogP) is 4.91. The zero-order valence-electron chi connectivity index (χ0n) is 48.5. The third-order valence-electron chi connectivity index (χ3n) is 15.4. The Labute approximate surface area is 457 Å². The maximum absolute atomic E-state index is 15.3. The molecule has 2 aromatic rings. The van der Waals surface area contributed by atoms with E-state index in [1.165, 1.54) is 40.7 Å². The highest BCUT2D eigenvalue weighted by Crippen LogP contribution is 2.26. The molecule has 3 unspecified atom stereocenters. The molecule has 0 radical (unpaired) electrons. The van der Waals surface area contributed by atoms with Crippen molar-refractivity contribution in [3.05, 3.63) is 71.8 Å². The molecule has 77 heavy (non-hydrogen) atoms. The van der Waals surface area contributed by atoms with Gasteiger partial charge < -0.3 is 45.6 Å². The van der Waals surface area contributed by atoms with Crippen LogP contribution in [0.3, 0.4) is 0 Å². The number of likely N-dealkylation sites (N-methyl/N-ethyl adjacent to an activating group) is 3. The Morgan fingerprint density at radius 2 is 1.01 bits per heavy atom. The van der Waals surface area contributed by atoms with Gasteiger partial charge in [-0.15, -0.1) is 0 Å². The number of amides is 8. The highest BCUT2D eigenvalue weighted by molar-refractivity contribution is 5.99. The summed E-state index contributed by atoms with van der Waals surface area (Å²) in [5.74, 6) is -8.34. The molecule has 0 spiro atoms. The van der Waals surface area contributed by atoms with Gasteiger partial charge in [-0.05, 0) is 66.4 Å². The number of carbonyl (C=O) groups is 9. The summed E-state index contributed by atoms with van der Waals surface area (Å²) < 4.78 is 6.10. The molecule has 18 heteroatoms. The average molecular weight is 1070 g/mol.